The Morgan fingerprint density at radius 2 is 2.00 bits per heavy atom. The Hall–Kier alpha value is -2.83. The zero-order valence-corrected chi connectivity index (χ0v) is 18.0. The standard InChI is InChI=1S/C23H28F2N4O/c1-5-6-17-11-22-16(4)26-14-29(22)27-21(17)13-28(10-9-15(2)3)23(30)19-12-18(24)7-8-20(19)25/h7-8,11-12,14-15H,5-6,9-10,13H2,1-4H3. The van der Waals surface area contributed by atoms with Crippen LogP contribution in [0.2, 0.25) is 0 Å². The molecule has 0 aliphatic rings. The summed E-state index contributed by atoms with van der Waals surface area (Å²) in [6.07, 6.45) is 4.13. The molecule has 0 spiro atoms. The number of aromatic nitrogens is 3. The van der Waals surface area contributed by atoms with Crippen molar-refractivity contribution in [2.75, 3.05) is 6.54 Å². The van der Waals surface area contributed by atoms with E-state index in [-0.39, 0.29) is 12.1 Å². The van der Waals surface area contributed by atoms with Crippen molar-refractivity contribution in [3.63, 3.8) is 0 Å². The van der Waals surface area contributed by atoms with Gasteiger partial charge in [-0.25, -0.2) is 18.3 Å². The average molecular weight is 415 g/mol. The number of rotatable bonds is 8. The molecule has 3 aromatic rings. The molecule has 0 radical (unpaired) electrons. The van der Waals surface area contributed by atoms with E-state index in [2.05, 4.69) is 31.8 Å². The molecule has 0 N–H and O–H groups in total. The maximum Gasteiger partial charge on any atom is 0.257 e. The molecule has 0 aliphatic carbocycles. The summed E-state index contributed by atoms with van der Waals surface area (Å²) in [5, 5.41) is 4.69. The summed E-state index contributed by atoms with van der Waals surface area (Å²) in [5.74, 6) is -1.53. The fourth-order valence-corrected chi connectivity index (χ4v) is 3.43. The van der Waals surface area contributed by atoms with Gasteiger partial charge in [0.15, 0.2) is 0 Å². The van der Waals surface area contributed by atoms with Crippen molar-refractivity contribution in [2.24, 2.45) is 5.92 Å². The van der Waals surface area contributed by atoms with Crippen LogP contribution in [0.25, 0.3) is 5.52 Å². The Bertz CT molecular complexity index is 1050. The van der Waals surface area contributed by atoms with E-state index in [9.17, 15) is 13.6 Å². The second kappa shape index (κ2) is 9.32. The highest BCUT2D eigenvalue weighted by molar-refractivity contribution is 5.94. The molecule has 0 saturated heterocycles. The minimum atomic E-state index is -0.724. The lowest BCUT2D eigenvalue weighted by molar-refractivity contribution is 0.0727. The first-order valence-electron chi connectivity index (χ1n) is 10.4. The quantitative estimate of drug-likeness (QED) is 0.524. The van der Waals surface area contributed by atoms with Crippen LogP contribution in [0.1, 0.15) is 60.9 Å². The number of carbonyl (C=O) groups is 1. The van der Waals surface area contributed by atoms with E-state index >= 15 is 0 Å². The molecule has 0 saturated carbocycles. The molecule has 0 aliphatic heterocycles. The second-order valence-electron chi connectivity index (χ2n) is 8.06. The topological polar surface area (TPSA) is 50.5 Å². The van der Waals surface area contributed by atoms with Gasteiger partial charge in [0.25, 0.3) is 5.91 Å². The van der Waals surface area contributed by atoms with Crippen LogP contribution in [0, 0.1) is 24.5 Å². The SMILES string of the molecule is CCCc1cc2c(C)ncn2nc1CN(CCC(C)C)C(=O)c1cc(F)ccc1F. The van der Waals surface area contributed by atoms with Gasteiger partial charge < -0.3 is 4.90 Å². The Morgan fingerprint density at radius 1 is 1.23 bits per heavy atom. The number of benzene rings is 1. The third kappa shape index (κ3) is 4.83. The van der Waals surface area contributed by atoms with Crippen LogP contribution >= 0.6 is 0 Å². The molecular formula is C23H28F2N4O. The number of hydrogen-bond acceptors (Lipinski definition) is 3. The lowest BCUT2D eigenvalue weighted by Gasteiger charge is -2.25. The molecule has 5 nitrogen and oxygen atoms in total. The first kappa shape index (κ1) is 21.9. The fourth-order valence-electron chi connectivity index (χ4n) is 3.43. The number of carbonyl (C=O) groups excluding carboxylic acids is 1. The molecule has 0 atom stereocenters. The van der Waals surface area contributed by atoms with Crippen molar-refractivity contribution >= 4 is 11.4 Å². The van der Waals surface area contributed by atoms with Gasteiger partial charge in [0.2, 0.25) is 0 Å². The highest BCUT2D eigenvalue weighted by Crippen LogP contribution is 2.20. The van der Waals surface area contributed by atoms with Gasteiger partial charge >= 0.3 is 0 Å². The minimum Gasteiger partial charge on any atom is -0.333 e. The summed E-state index contributed by atoms with van der Waals surface area (Å²) in [5.41, 5.74) is 3.35. The Balaban J connectivity index is 1.99. The van der Waals surface area contributed by atoms with Crippen LogP contribution in [0.15, 0.2) is 30.6 Å². The highest BCUT2D eigenvalue weighted by Gasteiger charge is 2.22. The van der Waals surface area contributed by atoms with Gasteiger partial charge in [-0.1, -0.05) is 27.2 Å². The molecule has 2 heterocycles. The van der Waals surface area contributed by atoms with Crippen molar-refractivity contribution < 1.29 is 13.6 Å². The van der Waals surface area contributed by atoms with Gasteiger partial charge in [0, 0.05) is 6.54 Å². The molecule has 30 heavy (non-hydrogen) atoms. The predicted octanol–water partition coefficient (Wildman–Crippen LogP) is 4.96. The first-order chi connectivity index (χ1) is 14.3. The molecule has 2 aromatic heterocycles. The van der Waals surface area contributed by atoms with E-state index in [1.54, 1.807) is 15.7 Å². The minimum absolute atomic E-state index is 0.226. The summed E-state index contributed by atoms with van der Waals surface area (Å²) in [4.78, 5) is 19.0. The summed E-state index contributed by atoms with van der Waals surface area (Å²) in [6, 6.07) is 5.02. The van der Waals surface area contributed by atoms with Crippen LogP contribution < -0.4 is 0 Å². The first-order valence-corrected chi connectivity index (χ1v) is 10.4. The average Bonchev–Trinajstić information content (AvgIpc) is 3.06. The van der Waals surface area contributed by atoms with Crippen molar-refractivity contribution in [1.29, 1.82) is 0 Å². The van der Waals surface area contributed by atoms with Gasteiger partial charge in [-0.05, 0) is 55.5 Å². The number of imidazole rings is 1. The zero-order valence-electron chi connectivity index (χ0n) is 18.0. The van der Waals surface area contributed by atoms with E-state index in [0.29, 0.717) is 12.5 Å². The van der Waals surface area contributed by atoms with Crippen LogP contribution in [0.5, 0.6) is 0 Å². The Kier molecular flexibility index (Phi) is 6.80. The van der Waals surface area contributed by atoms with E-state index in [0.717, 1.165) is 59.9 Å². The lowest BCUT2D eigenvalue weighted by Crippen LogP contribution is -2.33. The largest absolute Gasteiger partial charge is 0.333 e. The van der Waals surface area contributed by atoms with Crippen LogP contribution in [0.4, 0.5) is 8.78 Å². The number of halogens is 2. The van der Waals surface area contributed by atoms with Gasteiger partial charge in [-0.15, -0.1) is 0 Å². The molecule has 0 fully saturated rings. The normalized spacial score (nSPS) is 11.4. The molecular weight excluding hydrogens is 386 g/mol. The highest BCUT2D eigenvalue weighted by atomic mass is 19.1. The smallest absolute Gasteiger partial charge is 0.257 e. The molecule has 7 heteroatoms. The van der Waals surface area contributed by atoms with E-state index in [1.165, 1.54) is 0 Å². The number of aryl methyl sites for hydroxylation is 2. The van der Waals surface area contributed by atoms with Crippen molar-refractivity contribution in [1.82, 2.24) is 19.5 Å². The monoisotopic (exact) mass is 414 g/mol. The molecule has 160 valence electrons. The molecule has 1 amide bonds. The van der Waals surface area contributed by atoms with Crippen molar-refractivity contribution in [3.8, 4) is 0 Å². The third-order valence-electron chi connectivity index (χ3n) is 5.17. The van der Waals surface area contributed by atoms with Gasteiger partial charge in [0.1, 0.15) is 18.0 Å². The van der Waals surface area contributed by atoms with Crippen molar-refractivity contribution in [3.05, 3.63) is 64.7 Å². The van der Waals surface area contributed by atoms with E-state index in [1.807, 2.05) is 6.92 Å². The maximum absolute atomic E-state index is 14.3. The van der Waals surface area contributed by atoms with Gasteiger partial charge in [0.05, 0.1) is 29.0 Å². The third-order valence-corrected chi connectivity index (χ3v) is 5.17. The Labute approximate surface area is 175 Å². The number of nitrogens with zero attached hydrogens (tertiary/aromatic N) is 4. The number of amides is 1. The van der Waals surface area contributed by atoms with Crippen molar-refractivity contribution in [2.45, 2.75) is 53.5 Å². The lowest BCUT2D eigenvalue weighted by atomic mass is 10.1. The summed E-state index contributed by atoms with van der Waals surface area (Å²) >= 11 is 0. The summed E-state index contributed by atoms with van der Waals surface area (Å²) < 4.78 is 29.7. The van der Waals surface area contributed by atoms with E-state index < -0.39 is 17.5 Å². The maximum atomic E-state index is 14.3. The number of fused-ring (bicyclic) bond motifs is 1. The molecule has 1 aromatic carbocycles. The van der Waals surface area contributed by atoms with Gasteiger partial charge in [-0.3, -0.25) is 4.79 Å². The van der Waals surface area contributed by atoms with Gasteiger partial charge in [-0.2, -0.15) is 5.10 Å². The fraction of sp³-hybridized carbons (Fsp3) is 0.435. The molecule has 3 rings (SSSR count). The summed E-state index contributed by atoms with van der Waals surface area (Å²) in [6.45, 7) is 8.79. The second-order valence-corrected chi connectivity index (χ2v) is 8.06. The van der Waals surface area contributed by atoms with Crippen LogP contribution in [-0.2, 0) is 13.0 Å². The molecule has 0 unspecified atom stereocenters. The Morgan fingerprint density at radius 3 is 2.70 bits per heavy atom. The molecule has 0 bridgehead atoms. The van der Waals surface area contributed by atoms with Crippen LogP contribution in [0.3, 0.4) is 0 Å². The summed E-state index contributed by atoms with van der Waals surface area (Å²) in [7, 11) is 0. The van der Waals surface area contributed by atoms with E-state index in [4.69, 9.17) is 5.10 Å². The number of hydrogen-bond donors (Lipinski definition) is 0. The predicted molar refractivity (Wildman–Crippen MR) is 112 cm³/mol. The zero-order chi connectivity index (χ0) is 21.8. The van der Waals surface area contributed by atoms with Crippen LogP contribution in [-0.4, -0.2) is 31.9 Å².